The predicted octanol–water partition coefficient (Wildman–Crippen LogP) is 1.67. The third-order valence-corrected chi connectivity index (χ3v) is 3.49. The molecule has 0 aromatic carbocycles. The number of aromatic nitrogens is 2. The van der Waals surface area contributed by atoms with Gasteiger partial charge in [0.25, 0.3) is 5.91 Å². The van der Waals surface area contributed by atoms with Crippen LogP contribution in [0.5, 0.6) is 0 Å². The molecule has 0 bridgehead atoms. The molecule has 15 heavy (non-hydrogen) atoms. The molecule has 0 radical (unpaired) electrons. The molecule has 4 nitrogen and oxygen atoms in total. The van der Waals surface area contributed by atoms with Crippen molar-refractivity contribution in [1.82, 2.24) is 15.1 Å². The van der Waals surface area contributed by atoms with E-state index in [1.807, 2.05) is 13.2 Å². The zero-order valence-electron chi connectivity index (χ0n) is 7.65. The van der Waals surface area contributed by atoms with E-state index >= 15 is 0 Å². The lowest BCUT2D eigenvalue weighted by molar-refractivity contribution is -0.115. The zero-order valence-corrected chi connectivity index (χ0v) is 10.9. The topological polar surface area (TPSA) is 46.9 Å². The molecule has 2 heterocycles. The first-order valence-corrected chi connectivity index (χ1v) is 6.02. The summed E-state index contributed by atoms with van der Waals surface area (Å²) in [5, 5.41) is 6.74. The molecule has 1 aliphatic heterocycles. The summed E-state index contributed by atoms with van der Waals surface area (Å²) in [4.78, 5) is 11.9. The minimum Gasteiger partial charge on any atom is -0.307 e. The summed E-state index contributed by atoms with van der Waals surface area (Å²) in [6.07, 6.45) is 3.53. The fourth-order valence-electron chi connectivity index (χ4n) is 1.12. The van der Waals surface area contributed by atoms with Crippen molar-refractivity contribution in [3.05, 3.63) is 21.3 Å². The number of carbonyl (C=O) groups excluding carboxylic acids is 1. The number of thioether (sulfide) groups is 1. The van der Waals surface area contributed by atoms with Crippen LogP contribution in [0.25, 0.3) is 6.08 Å². The number of aryl methyl sites for hydroxylation is 1. The maximum atomic E-state index is 11.4. The Balaban J connectivity index is 2.34. The molecule has 1 fully saturated rings. The molecule has 1 amide bonds. The molecule has 0 atom stereocenters. The first-order valence-electron chi connectivity index (χ1n) is 4.00. The van der Waals surface area contributed by atoms with Gasteiger partial charge in [0.2, 0.25) is 0 Å². The van der Waals surface area contributed by atoms with Crippen molar-refractivity contribution < 1.29 is 4.79 Å². The number of halogens is 1. The molecular formula is C8H6BrN3OS2. The van der Waals surface area contributed by atoms with Crippen molar-refractivity contribution >= 4 is 56.2 Å². The van der Waals surface area contributed by atoms with Gasteiger partial charge in [-0.2, -0.15) is 5.10 Å². The number of nitrogens with zero attached hydrogens (tertiary/aromatic N) is 2. The molecule has 1 aromatic rings. The SMILES string of the molecule is Cn1cc(Br)c(/C=C2\SC(=S)NC2=O)n1. The van der Waals surface area contributed by atoms with E-state index in [1.165, 1.54) is 11.8 Å². The highest BCUT2D eigenvalue weighted by Gasteiger charge is 2.22. The molecular weight excluding hydrogens is 298 g/mol. The minimum atomic E-state index is -0.164. The number of amides is 1. The summed E-state index contributed by atoms with van der Waals surface area (Å²) in [6.45, 7) is 0. The lowest BCUT2D eigenvalue weighted by Crippen LogP contribution is -2.17. The maximum Gasteiger partial charge on any atom is 0.263 e. The molecule has 1 N–H and O–H groups in total. The highest BCUT2D eigenvalue weighted by Crippen LogP contribution is 2.27. The Kier molecular flexibility index (Phi) is 2.94. The molecule has 1 aliphatic rings. The Labute approximate surface area is 104 Å². The van der Waals surface area contributed by atoms with E-state index in [-0.39, 0.29) is 5.91 Å². The predicted molar refractivity (Wildman–Crippen MR) is 67.2 cm³/mol. The summed E-state index contributed by atoms with van der Waals surface area (Å²) >= 11 is 9.49. The third-order valence-electron chi connectivity index (χ3n) is 1.72. The van der Waals surface area contributed by atoms with Crippen molar-refractivity contribution in [3.63, 3.8) is 0 Å². The Morgan fingerprint density at radius 1 is 1.73 bits per heavy atom. The second-order valence-corrected chi connectivity index (χ2v) is 5.46. The average Bonchev–Trinajstić information content (AvgIpc) is 2.58. The molecule has 0 spiro atoms. The fraction of sp³-hybridized carbons (Fsp3) is 0.125. The summed E-state index contributed by atoms with van der Waals surface area (Å²) in [7, 11) is 1.82. The number of carbonyl (C=O) groups is 1. The zero-order chi connectivity index (χ0) is 11.0. The normalized spacial score (nSPS) is 18.7. The molecule has 0 unspecified atom stereocenters. The van der Waals surface area contributed by atoms with Gasteiger partial charge in [-0.25, -0.2) is 0 Å². The molecule has 78 valence electrons. The van der Waals surface area contributed by atoms with E-state index in [2.05, 4.69) is 26.3 Å². The Bertz CT molecular complexity index is 480. The van der Waals surface area contributed by atoms with E-state index < -0.39 is 0 Å². The van der Waals surface area contributed by atoms with Crippen LogP contribution in [0, 0.1) is 0 Å². The third kappa shape index (κ3) is 2.30. The number of nitrogens with one attached hydrogen (secondary N) is 1. The molecule has 1 saturated heterocycles. The number of hydrogen-bond acceptors (Lipinski definition) is 4. The van der Waals surface area contributed by atoms with Gasteiger partial charge in [0, 0.05) is 13.2 Å². The molecule has 0 saturated carbocycles. The summed E-state index contributed by atoms with van der Waals surface area (Å²) in [5.74, 6) is -0.164. The van der Waals surface area contributed by atoms with E-state index in [0.717, 1.165) is 10.2 Å². The number of thiocarbonyl (C=S) groups is 1. The largest absolute Gasteiger partial charge is 0.307 e. The Morgan fingerprint density at radius 3 is 2.93 bits per heavy atom. The van der Waals surface area contributed by atoms with Crippen LogP contribution >= 0.6 is 39.9 Å². The van der Waals surface area contributed by atoms with Gasteiger partial charge in [-0.3, -0.25) is 9.48 Å². The fourth-order valence-corrected chi connectivity index (χ4v) is 2.63. The van der Waals surface area contributed by atoms with Gasteiger partial charge in [-0.1, -0.05) is 24.0 Å². The number of hydrogen-bond donors (Lipinski definition) is 1. The van der Waals surface area contributed by atoms with E-state index in [4.69, 9.17) is 12.2 Å². The minimum absolute atomic E-state index is 0.164. The van der Waals surface area contributed by atoms with E-state index in [1.54, 1.807) is 10.8 Å². The van der Waals surface area contributed by atoms with Crippen molar-refractivity contribution in [2.24, 2.45) is 7.05 Å². The van der Waals surface area contributed by atoms with E-state index in [0.29, 0.717) is 9.23 Å². The highest BCUT2D eigenvalue weighted by atomic mass is 79.9. The van der Waals surface area contributed by atoms with Gasteiger partial charge in [-0.15, -0.1) is 0 Å². The van der Waals surface area contributed by atoms with Crippen LogP contribution in [0.2, 0.25) is 0 Å². The lowest BCUT2D eigenvalue weighted by Gasteiger charge is -1.90. The van der Waals surface area contributed by atoms with Crippen molar-refractivity contribution in [2.75, 3.05) is 0 Å². The average molecular weight is 304 g/mol. The van der Waals surface area contributed by atoms with Crippen LogP contribution in [-0.4, -0.2) is 20.0 Å². The van der Waals surface area contributed by atoms with Gasteiger partial charge >= 0.3 is 0 Å². The molecule has 0 aliphatic carbocycles. The van der Waals surface area contributed by atoms with Crippen LogP contribution in [0.4, 0.5) is 0 Å². The highest BCUT2D eigenvalue weighted by molar-refractivity contribution is 9.10. The first-order chi connectivity index (χ1) is 7.06. The first kappa shape index (κ1) is 10.8. The van der Waals surface area contributed by atoms with E-state index in [9.17, 15) is 4.79 Å². The van der Waals surface area contributed by atoms with Gasteiger partial charge in [0.05, 0.1) is 9.38 Å². The number of rotatable bonds is 1. The Hall–Kier alpha value is -0.660. The van der Waals surface area contributed by atoms with Gasteiger partial charge in [0.15, 0.2) is 0 Å². The van der Waals surface area contributed by atoms with Crippen LogP contribution < -0.4 is 5.32 Å². The smallest absolute Gasteiger partial charge is 0.263 e. The van der Waals surface area contributed by atoms with Gasteiger partial charge in [-0.05, 0) is 22.0 Å². The monoisotopic (exact) mass is 303 g/mol. The summed E-state index contributed by atoms with van der Waals surface area (Å²) in [5.41, 5.74) is 0.722. The quantitative estimate of drug-likeness (QED) is 0.633. The second-order valence-electron chi connectivity index (χ2n) is 2.89. The molecule has 1 aromatic heterocycles. The molecule has 2 rings (SSSR count). The standard InChI is InChI=1S/C8H6BrN3OS2/c1-12-3-4(9)5(11-12)2-6-7(13)10-8(14)15-6/h2-3H,1H3,(H,10,13,14)/b6-2-. The van der Waals surface area contributed by atoms with Crippen molar-refractivity contribution in [3.8, 4) is 0 Å². The maximum absolute atomic E-state index is 11.4. The van der Waals surface area contributed by atoms with Crippen LogP contribution in [0.3, 0.4) is 0 Å². The van der Waals surface area contributed by atoms with Crippen LogP contribution in [-0.2, 0) is 11.8 Å². The van der Waals surface area contributed by atoms with Gasteiger partial charge in [0.1, 0.15) is 10.0 Å². The van der Waals surface area contributed by atoms with Crippen LogP contribution in [0.1, 0.15) is 5.69 Å². The Morgan fingerprint density at radius 2 is 2.47 bits per heavy atom. The lowest BCUT2D eigenvalue weighted by atomic mass is 10.3. The second kappa shape index (κ2) is 4.07. The van der Waals surface area contributed by atoms with Crippen LogP contribution in [0.15, 0.2) is 15.6 Å². The van der Waals surface area contributed by atoms with Crippen molar-refractivity contribution in [2.45, 2.75) is 0 Å². The van der Waals surface area contributed by atoms with Crippen molar-refractivity contribution in [1.29, 1.82) is 0 Å². The van der Waals surface area contributed by atoms with Gasteiger partial charge < -0.3 is 5.32 Å². The molecule has 7 heteroatoms. The summed E-state index contributed by atoms with van der Waals surface area (Å²) in [6, 6.07) is 0. The summed E-state index contributed by atoms with van der Waals surface area (Å²) < 4.78 is 3.01.